The van der Waals surface area contributed by atoms with E-state index in [9.17, 15) is 61.0 Å². The second-order valence-electron chi connectivity index (χ2n) is 24.3. The van der Waals surface area contributed by atoms with Crippen molar-refractivity contribution < 1.29 is 89.4 Å². The van der Waals surface area contributed by atoms with Gasteiger partial charge in [0.05, 0.1) is 38.6 Å². The van der Waals surface area contributed by atoms with Gasteiger partial charge in [-0.25, -0.2) is 0 Å². The number of hydrogen-bond donors (Lipinski definition) is 12. The second-order valence-corrected chi connectivity index (χ2v) is 24.3. The van der Waals surface area contributed by atoms with Crippen molar-refractivity contribution in [3.8, 4) is 0 Å². The van der Waals surface area contributed by atoms with Gasteiger partial charge in [-0.1, -0.05) is 245 Å². The number of nitrogens with one attached hydrogen (secondary N) is 1. The number of hydrogen-bond acceptors (Lipinski definition) is 18. The number of rotatable bonds is 51. The first-order valence-electron chi connectivity index (χ1n) is 33.3. The van der Waals surface area contributed by atoms with E-state index in [4.69, 9.17) is 28.4 Å². The Morgan fingerprint density at radius 2 is 0.695 bits per heavy atom. The molecule has 0 radical (unpaired) electrons. The number of aliphatic hydroxyl groups is 11. The average molecular weight is 1180 g/mol. The molecule has 0 aromatic carbocycles. The Morgan fingerprint density at radius 3 is 1.06 bits per heavy atom. The lowest BCUT2D eigenvalue weighted by Crippen LogP contribution is -2.66. The van der Waals surface area contributed by atoms with Gasteiger partial charge in [-0.2, -0.15) is 0 Å². The number of carbonyl (C=O) groups is 1. The molecule has 0 spiro atoms. The van der Waals surface area contributed by atoms with E-state index < -0.39 is 124 Å². The molecule has 486 valence electrons. The van der Waals surface area contributed by atoms with E-state index in [1.807, 2.05) is 0 Å². The zero-order valence-electron chi connectivity index (χ0n) is 51.0. The molecule has 3 aliphatic heterocycles. The molecular weight excluding hydrogens is 1060 g/mol. The van der Waals surface area contributed by atoms with Crippen LogP contribution in [0.25, 0.3) is 0 Å². The maximum atomic E-state index is 13.4. The summed E-state index contributed by atoms with van der Waals surface area (Å²) in [5, 5.41) is 120. The predicted molar refractivity (Wildman–Crippen MR) is 314 cm³/mol. The fourth-order valence-electron chi connectivity index (χ4n) is 11.7. The highest BCUT2D eigenvalue weighted by atomic mass is 16.8. The highest BCUT2D eigenvalue weighted by Crippen LogP contribution is 2.33. The molecule has 12 N–H and O–H groups in total. The summed E-state index contributed by atoms with van der Waals surface area (Å²) in [4.78, 5) is 13.4. The molecule has 17 atom stereocenters. The minimum Gasteiger partial charge on any atom is -0.394 e. The first-order valence-corrected chi connectivity index (χ1v) is 33.3. The lowest BCUT2D eigenvalue weighted by molar-refractivity contribution is -0.379. The Balaban J connectivity index is 1.44. The first-order chi connectivity index (χ1) is 39.8. The number of aliphatic hydroxyl groups excluding tert-OH is 11. The van der Waals surface area contributed by atoms with Gasteiger partial charge in [0.15, 0.2) is 18.9 Å². The highest BCUT2D eigenvalue weighted by molar-refractivity contribution is 5.76. The van der Waals surface area contributed by atoms with Crippen molar-refractivity contribution >= 4 is 5.91 Å². The standard InChI is InChI=1S/C63H121NO18/c1-3-5-7-9-11-13-15-17-19-20-21-22-23-24-25-27-29-31-33-35-37-39-41-51(69)64-46(47(68)40-38-36-34-32-30-28-26-18-16-14-12-10-8-6-4-2)45-77-61-57(75)54(72)59(49(43-66)79-61)82-63-58(76)55(73)60(50(44-67)80-63)81-62-56(74)53(71)52(70)48(42-65)78-62/h46-50,52-63,65-68,70-76H,3-45H2,1-2H3,(H,64,69). The van der Waals surface area contributed by atoms with Crippen molar-refractivity contribution in [2.24, 2.45) is 0 Å². The minimum absolute atomic E-state index is 0.237. The van der Waals surface area contributed by atoms with E-state index in [0.717, 1.165) is 44.9 Å². The summed E-state index contributed by atoms with van der Waals surface area (Å²) in [7, 11) is 0. The maximum Gasteiger partial charge on any atom is 0.220 e. The summed E-state index contributed by atoms with van der Waals surface area (Å²) in [6.45, 7) is 1.83. The van der Waals surface area contributed by atoms with Crippen LogP contribution in [-0.2, 0) is 33.2 Å². The van der Waals surface area contributed by atoms with Crippen molar-refractivity contribution in [3.05, 3.63) is 0 Å². The lowest BCUT2D eigenvalue weighted by Gasteiger charge is -2.48. The third-order valence-corrected chi connectivity index (χ3v) is 17.2. The van der Waals surface area contributed by atoms with E-state index in [1.54, 1.807) is 0 Å². The van der Waals surface area contributed by atoms with Crippen LogP contribution >= 0.6 is 0 Å². The van der Waals surface area contributed by atoms with E-state index >= 15 is 0 Å². The number of ether oxygens (including phenoxy) is 6. The van der Waals surface area contributed by atoms with Crippen LogP contribution in [0, 0.1) is 0 Å². The van der Waals surface area contributed by atoms with E-state index in [0.29, 0.717) is 12.8 Å². The van der Waals surface area contributed by atoms with Gasteiger partial charge in [0.25, 0.3) is 0 Å². The molecule has 3 heterocycles. The second kappa shape index (κ2) is 46.9. The Bertz CT molecular complexity index is 1500. The van der Waals surface area contributed by atoms with Crippen LogP contribution in [0.15, 0.2) is 0 Å². The summed E-state index contributed by atoms with van der Waals surface area (Å²) in [5.41, 5.74) is 0. The Morgan fingerprint density at radius 1 is 0.390 bits per heavy atom. The summed E-state index contributed by atoms with van der Waals surface area (Å²) in [6.07, 6.45) is 20.4. The molecule has 0 aliphatic carbocycles. The molecule has 3 aliphatic rings. The van der Waals surface area contributed by atoms with Crippen LogP contribution in [0.3, 0.4) is 0 Å². The molecule has 19 nitrogen and oxygen atoms in total. The van der Waals surface area contributed by atoms with E-state index in [2.05, 4.69) is 19.2 Å². The van der Waals surface area contributed by atoms with Crippen LogP contribution in [-0.4, -0.2) is 193 Å². The molecule has 82 heavy (non-hydrogen) atoms. The Kier molecular flexibility index (Phi) is 42.9. The summed E-state index contributed by atoms with van der Waals surface area (Å²) in [5.74, 6) is -0.237. The SMILES string of the molecule is CCCCCCCCCCCCCCCCCCCCCCCCC(=O)NC(COC1OC(CO)C(OC2OC(CO)C(OC3OC(CO)C(O)C(O)C3O)C(O)C2O)C(O)C1O)C(O)CCCCCCCCCCCCCCCCC. The summed E-state index contributed by atoms with van der Waals surface area (Å²) in [6, 6.07) is -0.880. The van der Waals surface area contributed by atoms with Gasteiger partial charge < -0.3 is 89.9 Å². The zero-order valence-corrected chi connectivity index (χ0v) is 51.0. The molecule has 3 fully saturated rings. The van der Waals surface area contributed by atoms with Crippen molar-refractivity contribution in [2.45, 2.75) is 369 Å². The third kappa shape index (κ3) is 29.7. The molecule has 1 amide bonds. The van der Waals surface area contributed by atoms with Crippen LogP contribution in [0.5, 0.6) is 0 Å². The molecule has 0 aromatic heterocycles. The van der Waals surface area contributed by atoms with Crippen LogP contribution in [0.2, 0.25) is 0 Å². The Hall–Kier alpha value is -1.21. The fraction of sp³-hybridized carbons (Fsp3) is 0.984. The lowest BCUT2D eigenvalue weighted by atomic mass is 9.96. The Labute approximate surface area is 493 Å². The first kappa shape index (κ1) is 75.0. The number of amides is 1. The van der Waals surface area contributed by atoms with E-state index in [-0.39, 0.29) is 18.9 Å². The van der Waals surface area contributed by atoms with Crippen molar-refractivity contribution in [1.29, 1.82) is 0 Å². The van der Waals surface area contributed by atoms with Gasteiger partial charge in [0, 0.05) is 6.42 Å². The zero-order chi connectivity index (χ0) is 59.7. The van der Waals surface area contributed by atoms with Gasteiger partial charge in [-0.3, -0.25) is 4.79 Å². The van der Waals surface area contributed by atoms with Crippen LogP contribution in [0.4, 0.5) is 0 Å². The van der Waals surface area contributed by atoms with Crippen molar-refractivity contribution in [3.63, 3.8) is 0 Å². The van der Waals surface area contributed by atoms with Crippen molar-refractivity contribution in [1.82, 2.24) is 5.32 Å². The van der Waals surface area contributed by atoms with E-state index in [1.165, 1.54) is 186 Å². The highest BCUT2D eigenvalue weighted by Gasteiger charge is 2.53. The van der Waals surface area contributed by atoms with Crippen molar-refractivity contribution in [2.75, 3.05) is 26.4 Å². The largest absolute Gasteiger partial charge is 0.394 e. The van der Waals surface area contributed by atoms with Crippen LogP contribution in [0.1, 0.15) is 264 Å². The van der Waals surface area contributed by atoms with Gasteiger partial charge in [-0.05, 0) is 12.8 Å². The van der Waals surface area contributed by atoms with Gasteiger partial charge >= 0.3 is 0 Å². The monoisotopic (exact) mass is 1180 g/mol. The topological polar surface area (TPSA) is 307 Å². The fourth-order valence-corrected chi connectivity index (χ4v) is 11.7. The minimum atomic E-state index is -1.97. The molecule has 19 heteroatoms. The van der Waals surface area contributed by atoms with Crippen LogP contribution < -0.4 is 5.32 Å². The summed E-state index contributed by atoms with van der Waals surface area (Å²) < 4.78 is 34.4. The molecule has 0 saturated carbocycles. The molecular formula is C63H121NO18. The van der Waals surface area contributed by atoms with Gasteiger partial charge in [0.1, 0.15) is 73.2 Å². The quantitative estimate of drug-likeness (QED) is 0.0262. The number of unbranched alkanes of at least 4 members (excludes halogenated alkanes) is 35. The predicted octanol–water partition coefficient (Wildman–Crippen LogP) is 7.55. The molecule has 17 unspecified atom stereocenters. The molecule has 0 aromatic rings. The molecule has 3 rings (SSSR count). The van der Waals surface area contributed by atoms with Gasteiger partial charge in [0.2, 0.25) is 5.91 Å². The summed E-state index contributed by atoms with van der Waals surface area (Å²) >= 11 is 0. The van der Waals surface area contributed by atoms with Gasteiger partial charge in [-0.15, -0.1) is 0 Å². The normalized spacial score (nSPS) is 29.5. The molecule has 0 bridgehead atoms. The maximum absolute atomic E-state index is 13.4. The third-order valence-electron chi connectivity index (χ3n) is 17.2. The smallest absolute Gasteiger partial charge is 0.220 e. The average Bonchev–Trinajstić information content (AvgIpc) is 3.19. The molecule has 3 saturated heterocycles. The number of carbonyl (C=O) groups excluding carboxylic acids is 1.